The number of nitrogens with zero attached hydrogens (tertiary/aromatic N) is 1. The van der Waals surface area contributed by atoms with E-state index >= 15 is 0 Å². The molecular weight excluding hydrogens is 333 g/mol. The monoisotopic (exact) mass is 364 g/mol. The first-order chi connectivity index (χ1) is 12.5. The number of rotatable bonds is 10. The molecule has 0 radical (unpaired) electrons. The number of hydrogen-bond acceptors (Lipinski definition) is 2. The van der Waals surface area contributed by atoms with Crippen LogP contribution < -0.4 is 10.2 Å². The molecule has 0 bridgehead atoms. The molecule has 1 saturated heterocycles. The molecular formula is C20H31FN3O2+. The highest BCUT2D eigenvalue weighted by Gasteiger charge is 2.33. The number of carbonyl (C=O) groups is 2. The minimum Gasteiger partial charge on any atom is -0.356 e. The molecule has 0 unspecified atom stereocenters. The zero-order valence-electron chi connectivity index (χ0n) is 15.9. The highest BCUT2D eigenvalue weighted by atomic mass is 19.1. The largest absolute Gasteiger partial charge is 0.356 e. The molecule has 6 heteroatoms. The highest BCUT2D eigenvalue weighted by molar-refractivity contribution is 5.89. The zero-order chi connectivity index (χ0) is 18.9. The Morgan fingerprint density at radius 2 is 1.96 bits per heavy atom. The molecule has 1 heterocycles. The third-order valence-corrected chi connectivity index (χ3v) is 5.18. The molecule has 1 aromatic carbocycles. The van der Waals surface area contributed by atoms with Crippen LogP contribution in [0.3, 0.4) is 0 Å². The lowest BCUT2D eigenvalue weighted by Crippen LogP contribution is -3.11. The third kappa shape index (κ3) is 6.09. The number of halogens is 1. The van der Waals surface area contributed by atoms with Crippen molar-refractivity contribution in [1.82, 2.24) is 10.2 Å². The number of amides is 2. The fraction of sp³-hybridized carbons (Fsp3) is 0.600. The van der Waals surface area contributed by atoms with Gasteiger partial charge in [-0.2, -0.15) is 0 Å². The van der Waals surface area contributed by atoms with Gasteiger partial charge in [0.25, 0.3) is 0 Å². The Hall–Kier alpha value is -1.95. The van der Waals surface area contributed by atoms with Gasteiger partial charge in [-0.05, 0) is 38.0 Å². The van der Waals surface area contributed by atoms with E-state index in [0.29, 0.717) is 26.1 Å². The van der Waals surface area contributed by atoms with E-state index in [1.54, 1.807) is 17.0 Å². The summed E-state index contributed by atoms with van der Waals surface area (Å²) in [6, 6.07) is 6.32. The molecule has 0 saturated carbocycles. The van der Waals surface area contributed by atoms with E-state index in [-0.39, 0.29) is 30.0 Å². The molecule has 2 N–H and O–H groups in total. The molecule has 0 spiro atoms. The van der Waals surface area contributed by atoms with Crippen LogP contribution in [0.1, 0.15) is 32.3 Å². The molecule has 5 nitrogen and oxygen atoms in total. The number of quaternary nitrogens is 1. The number of carbonyl (C=O) groups excluding carboxylic acids is 2. The van der Waals surface area contributed by atoms with Crippen molar-refractivity contribution in [3.63, 3.8) is 0 Å². The second-order valence-corrected chi connectivity index (χ2v) is 6.97. The molecule has 26 heavy (non-hydrogen) atoms. The van der Waals surface area contributed by atoms with Gasteiger partial charge in [0.15, 0.2) is 0 Å². The summed E-state index contributed by atoms with van der Waals surface area (Å²) in [7, 11) is 0. The van der Waals surface area contributed by atoms with Crippen LogP contribution in [0.25, 0.3) is 0 Å². The summed E-state index contributed by atoms with van der Waals surface area (Å²) in [6.07, 6.45) is 1.92. The summed E-state index contributed by atoms with van der Waals surface area (Å²) in [5.41, 5.74) is 0.992. The highest BCUT2D eigenvalue weighted by Crippen LogP contribution is 2.18. The van der Waals surface area contributed by atoms with E-state index in [1.165, 1.54) is 17.0 Å². The molecule has 2 amide bonds. The van der Waals surface area contributed by atoms with Crippen LogP contribution in [-0.2, 0) is 16.0 Å². The van der Waals surface area contributed by atoms with Crippen LogP contribution in [0.2, 0.25) is 0 Å². The van der Waals surface area contributed by atoms with E-state index in [9.17, 15) is 14.0 Å². The minimum atomic E-state index is -0.259. The zero-order valence-corrected chi connectivity index (χ0v) is 15.9. The number of likely N-dealkylation sites (tertiary alicyclic amines) is 1. The molecule has 1 fully saturated rings. The van der Waals surface area contributed by atoms with Crippen LogP contribution in [0, 0.1) is 11.7 Å². The first-order valence-corrected chi connectivity index (χ1v) is 9.67. The van der Waals surface area contributed by atoms with Gasteiger partial charge in [0.1, 0.15) is 5.82 Å². The third-order valence-electron chi connectivity index (χ3n) is 5.18. The predicted molar refractivity (Wildman–Crippen MR) is 99.3 cm³/mol. The Bertz CT molecular complexity index is 587. The maximum absolute atomic E-state index is 12.9. The molecule has 1 aliphatic rings. The van der Waals surface area contributed by atoms with Gasteiger partial charge in [0.05, 0.1) is 25.6 Å². The van der Waals surface area contributed by atoms with Crippen molar-refractivity contribution in [2.24, 2.45) is 5.92 Å². The van der Waals surface area contributed by atoms with E-state index in [4.69, 9.17) is 0 Å². The first kappa shape index (κ1) is 20.4. The number of benzene rings is 1. The summed E-state index contributed by atoms with van der Waals surface area (Å²) >= 11 is 0. The Morgan fingerprint density at radius 3 is 2.62 bits per heavy atom. The van der Waals surface area contributed by atoms with E-state index in [2.05, 4.69) is 19.2 Å². The van der Waals surface area contributed by atoms with Crippen molar-refractivity contribution in [1.29, 1.82) is 0 Å². The number of hydrogen-bond donors (Lipinski definition) is 2. The van der Waals surface area contributed by atoms with Gasteiger partial charge in [-0.1, -0.05) is 12.1 Å². The summed E-state index contributed by atoms with van der Waals surface area (Å²) in [5.74, 6) is -0.501. The van der Waals surface area contributed by atoms with E-state index in [0.717, 1.165) is 31.6 Å². The normalized spacial score (nSPS) is 17.2. The van der Waals surface area contributed by atoms with Gasteiger partial charge < -0.3 is 15.1 Å². The van der Waals surface area contributed by atoms with Crippen molar-refractivity contribution in [3.05, 3.63) is 35.6 Å². The standard InChI is InChI=1S/C20H30FN3O2/c1-3-23(4-2)12-5-11-22-20(26)17-14-19(25)24(15-17)13-10-16-6-8-18(21)9-7-16/h6-9,17H,3-5,10-15H2,1-2H3,(H,22,26)/p+1/t17-/m1/s1. The number of nitrogens with one attached hydrogen (secondary N) is 2. The summed E-state index contributed by atoms with van der Waals surface area (Å²) in [4.78, 5) is 27.7. The Balaban J connectivity index is 1.70. The summed E-state index contributed by atoms with van der Waals surface area (Å²) < 4.78 is 12.9. The average molecular weight is 364 g/mol. The van der Waals surface area contributed by atoms with Crippen molar-refractivity contribution >= 4 is 11.8 Å². The van der Waals surface area contributed by atoms with Crippen LogP contribution in [-0.4, -0.2) is 56.0 Å². The van der Waals surface area contributed by atoms with Gasteiger partial charge in [-0.15, -0.1) is 0 Å². The Labute approximate surface area is 155 Å². The second-order valence-electron chi connectivity index (χ2n) is 6.97. The van der Waals surface area contributed by atoms with Gasteiger partial charge in [-0.25, -0.2) is 4.39 Å². The summed E-state index contributed by atoms with van der Waals surface area (Å²) in [5, 5.41) is 2.98. The van der Waals surface area contributed by atoms with Crippen molar-refractivity contribution in [2.45, 2.75) is 33.1 Å². The first-order valence-electron chi connectivity index (χ1n) is 9.67. The lowest BCUT2D eigenvalue weighted by molar-refractivity contribution is -0.896. The maximum atomic E-state index is 12.9. The SMILES string of the molecule is CC[NH+](CC)CCCNC(=O)[C@@H]1CC(=O)N(CCc2ccc(F)cc2)C1. The van der Waals surface area contributed by atoms with Gasteiger partial charge >= 0.3 is 0 Å². The fourth-order valence-corrected chi connectivity index (χ4v) is 3.38. The van der Waals surface area contributed by atoms with Gasteiger partial charge in [0.2, 0.25) is 11.8 Å². The quantitative estimate of drug-likeness (QED) is 0.599. The lowest BCUT2D eigenvalue weighted by Gasteiger charge is -2.17. The molecule has 1 aliphatic heterocycles. The van der Waals surface area contributed by atoms with Gasteiger partial charge in [-0.3, -0.25) is 9.59 Å². The molecule has 2 rings (SSSR count). The maximum Gasteiger partial charge on any atom is 0.225 e. The van der Waals surface area contributed by atoms with Crippen LogP contribution >= 0.6 is 0 Å². The Kier molecular flexibility index (Phi) is 8.04. The average Bonchev–Trinajstić information content (AvgIpc) is 3.02. The van der Waals surface area contributed by atoms with Crippen LogP contribution in [0.4, 0.5) is 4.39 Å². The molecule has 0 aliphatic carbocycles. The second kappa shape index (κ2) is 10.3. The Morgan fingerprint density at radius 1 is 1.27 bits per heavy atom. The van der Waals surface area contributed by atoms with Crippen molar-refractivity contribution < 1.29 is 18.9 Å². The van der Waals surface area contributed by atoms with Gasteiger partial charge in [0, 0.05) is 32.5 Å². The summed E-state index contributed by atoms with van der Waals surface area (Å²) in [6.45, 7) is 9.31. The van der Waals surface area contributed by atoms with Crippen LogP contribution in [0.15, 0.2) is 24.3 Å². The van der Waals surface area contributed by atoms with E-state index < -0.39 is 0 Å². The topological polar surface area (TPSA) is 53.9 Å². The van der Waals surface area contributed by atoms with E-state index in [1.807, 2.05) is 0 Å². The smallest absolute Gasteiger partial charge is 0.225 e. The molecule has 1 aromatic rings. The molecule has 1 atom stereocenters. The molecule has 144 valence electrons. The fourth-order valence-electron chi connectivity index (χ4n) is 3.38. The predicted octanol–water partition coefficient (Wildman–Crippen LogP) is 0.648. The van der Waals surface area contributed by atoms with Crippen molar-refractivity contribution in [2.75, 3.05) is 39.3 Å². The van der Waals surface area contributed by atoms with Crippen LogP contribution in [0.5, 0.6) is 0 Å². The lowest BCUT2D eigenvalue weighted by atomic mass is 10.1. The van der Waals surface area contributed by atoms with Crippen molar-refractivity contribution in [3.8, 4) is 0 Å². The molecule has 0 aromatic heterocycles. The minimum absolute atomic E-state index is 0.0165.